The van der Waals surface area contributed by atoms with Gasteiger partial charge < -0.3 is 16.4 Å². The van der Waals surface area contributed by atoms with E-state index in [-0.39, 0.29) is 17.8 Å². The van der Waals surface area contributed by atoms with Gasteiger partial charge in [-0.1, -0.05) is 45.0 Å². The molecule has 1 aliphatic heterocycles. The van der Waals surface area contributed by atoms with Gasteiger partial charge in [0, 0.05) is 23.5 Å². The lowest BCUT2D eigenvalue weighted by molar-refractivity contribution is 0.0614. The van der Waals surface area contributed by atoms with Crippen molar-refractivity contribution in [3.8, 4) is 17.2 Å². The number of aromatic nitrogens is 1. The Morgan fingerprint density at radius 2 is 2.00 bits per heavy atom. The number of anilines is 2. The van der Waals surface area contributed by atoms with Crippen LogP contribution in [0.4, 0.5) is 11.5 Å². The highest BCUT2D eigenvalue weighted by molar-refractivity contribution is 7.21. The number of piperidine rings is 1. The number of carbonyl (C=O) groups excluding carboxylic acids is 1. The summed E-state index contributed by atoms with van der Waals surface area (Å²) in [7, 11) is 0. The van der Waals surface area contributed by atoms with E-state index in [4.69, 9.17) is 11.5 Å². The van der Waals surface area contributed by atoms with Crippen LogP contribution in [-0.2, 0) is 0 Å². The Morgan fingerprint density at radius 3 is 2.62 bits per heavy atom. The number of nitriles is 1. The molecule has 166 valence electrons. The minimum absolute atomic E-state index is 0.0461. The van der Waals surface area contributed by atoms with Gasteiger partial charge in [-0.15, -0.1) is 11.3 Å². The molecular weight excluding hydrogens is 418 g/mol. The maximum absolute atomic E-state index is 13.5. The monoisotopic (exact) mass is 447 g/mol. The lowest BCUT2D eigenvalue weighted by Gasteiger charge is -2.35. The number of likely N-dealkylation sites (tertiary alicyclic amines) is 1. The van der Waals surface area contributed by atoms with Gasteiger partial charge in [-0.2, -0.15) is 5.26 Å². The first kappa shape index (κ1) is 22.1. The summed E-state index contributed by atoms with van der Waals surface area (Å²) in [5, 5.41) is 10.5. The number of nitrogens with two attached hydrogens (primary N) is 2. The summed E-state index contributed by atoms with van der Waals surface area (Å²) in [5.41, 5.74) is 16.2. The molecule has 4 N–H and O–H groups in total. The molecule has 6 nitrogen and oxygen atoms in total. The molecule has 1 aromatic carbocycles. The molecule has 3 aromatic rings. The van der Waals surface area contributed by atoms with Crippen molar-refractivity contribution in [2.24, 2.45) is 0 Å². The predicted molar refractivity (Wildman–Crippen MR) is 132 cm³/mol. The predicted octanol–water partition coefficient (Wildman–Crippen LogP) is 5.53. The van der Waals surface area contributed by atoms with Gasteiger partial charge in [0.05, 0.1) is 5.69 Å². The first-order chi connectivity index (χ1) is 15.4. The van der Waals surface area contributed by atoms with E-state index < -0.39 is 0 Å². The number of carbonyl (C=O) groups is 1. The fourth-order valence-electron chi connectivity index (χ4n) is 4.59. The molecule has 1 atom stereocenters. The van der Waals surface area contributed by atoms with Crippen molar-refractivity contribution in [2.75, 3.05) is 18.0 Å². The summed E-state index contributed by atoms with van der Waals surface area (Å²) in [4.78, 5) is 21.0. The van der Waals surface area contributed by atoms with Crippen molar-refractivity contribution in [2.45, 2.75) is 58.4 Å². The van der Waals surface area contributed by atoms with Gasteiger partial charge >= 0.3 is 0 Å². The number of nitrogens with zero attached hydrogens (tertiary/aromatic N) is 3. The summed E-state index contributed by atoms with van der Waals surface area (Å²) < 4.78 is 0. The second-order valence-corrected chi connectivity index (χ2v) is 9.72. The zero-order valence-electron chi connectivity index (χ0n) is 18.8. The molecular formula is C25H29N5OS. The molecule has 1 saturated heterocycles. The van der Waals surface area contributed by atoms with Crippen molar-refractivity contribution < 1.29 is 4.79 Å². The number of hydrogen-bond acceptors (Lipinski definition) is 6. The van der Waals surface area contributed by atoms with Gasteiger partial charge in [0.2, 0.25) is 0 Å². The second kappa shape index (κ2) is 8.79. The fourth-order valence-corrected chi connectivity index (χ4v) is 5.66. The number of fused-ring (bicyclic) bond motifs is 1. The van der Waals surface area contributed by atoms with Crippen LogP contribution in [0, 0.1) is 11.3 Å². The van der Waals surface area contributed by atoms with Crippen molar-refractivity contribution in [3.05, 3.63) is 40.3 Å². The maximum Gasteiger partial charge on any atom is 0.266 e. The highest BCUT2D eigenvalue weighted by Crippen LogP contribution is 2.43. The molecule has 0 spiro atoms. The fraction of sp³-hybridized carbons (Fsp3) is 0.400. The Balaban J connectivity index is 1.90. The highest BCUT2D eigenvalue weighted by atomic mass is 32.1. The van der Waals surface area contributed by atoms with Gasteiger partial charge in [-0.3, -0.25) is 4.79 Å². The number of thiophene rings is 1. The molecule has 0 aliphatic carbocycles. The standard InChI is InChI=1S/C25H29N5OS/c1-4-17-7-5-6-12-30(17)25(31)22-21(27)20-19(16-10-8-15(9-11-16)14(2)3)18(13-26)23(28)29-24(20)32-22/h8-11,14,17H,4-7,12,27H2,1-3H3,(H2,28,29). The van der Waals surface area contributed by atoms with E-state index in [1.54, 1.807) is 0 Å². The maximum atomic E-state index is 13.5. The summed E-state index contributed by atoms with van der Waals surface area (Å²) >= 11 is 1.27. The summed E-state index contributed by atoms with van der Waals surface area (Å²) in [6, 6.07) is 10.5. The molecule has 3 heterocycles. The van der Waals surface area contributed by atoms with Gasteiger partial charge in [0.25, 0.3) is 5.91 Å². The van der Waals surface area contributed by atoms with Crippen molar-refractivity contribution >= 4 is 39.0 Å². The molecule has 7 heteroatoms. The topological polar surface area (TPSA) is 109 Å². The van der Waals surface area contributed by atoms with Crippen LogP contribution in [0.25, 0.3) is 21.3 Å². The first-order valence-corrected chi connectivity index (χ1v) is 12.0. The number of nitrogen functional groups attached to an aromatic ring is 2. The van der Waals surface area contributed by atoms with Gasteiger partial charge in [-0.05, 0) is 42.7 Å². The summed E-state index contributed by atoms with van der Waals surface area (Å²) in [5.74, 6) is 0.510. The van der Waals surface area contributed by atoms with E-state index in [0.717, 1.165) is 37.8 Å². The molecule has 0 saturated carbocycles. The number of pyridine rings is 1. The second-order valence-electron chi connectivity index (χ2n) is 8.72. The first-order valence-electron chi connectivity index (χ1n) is 11.2. The lowest BCUT2D eigenvalue weighted by atomic mass is 9.94. The third-order valence-corrected chi connectivity index (χ3v) is 7.52. The number of hydrogen-bond donors (Lipinski definition) is 2. The van der Waals surface area contributed by atoms with Crippen molar-refractivity contribution in [3.63, 3.8) is 0 Å². The van der Waals surface area contributed by atoms with E-state index in [9.17, 15) is 10.1 Å². The normalized spacial score (nSPS) is 16.5. The largest absolute Gasteiger partial charge is 0.397 e. The number of amides is 1. The van der Waals surface area contributed by atoms with Crippen LogP contribution in [0.3, 0.4) is 0 Å². The quantitative estimate of drug-likeness (QED) is 0.547. The minimum Gasteiger partial charge on any atom is -0.397 e. The molecule has 2 aromatic heterocycles. The Kier molecular flexibility index (Phi) is 6.07. The molecule has 32 heavy (non-hydrogen) atoms. The van der Waals surface area contributed by atoms with Crippen LogP contribution >= 0.6 is 11.3 Å². The van der Waals surface area contributed by atoms with E-state index in [1.807, 2.05) is 17.0 Å². The van der Waals surface area contributed by atoms with Crippen LogP contribution in [0.1, 0.15) is 73.2 Å². The Morgan fingerprint density at radius 1 is 1.28 bits per heavy atom. The molecule has 0 radical (unpaired) electrons. The van der Waals surface area contributed by atoms with Gasteiger partial charge in [-0.25, -0.2) is 4.98 Å². The van der Waals surface area contributed by atoms with Gasteiger partial charge in [0.1, 0.15) is 27.2 Å². The smallest absolute Gasteiger partial charge is 0.266 e. The van der Waals surface area contributed by atoms with Crippen LogP contribution in [-0.4, -0.2) is 28.4 Å². The Bertz CT molecular complexity index is 1210. The molecule has 1 amide bonds. The molecule has 4 rings (SSSR count). The van der Waals surface area contributed by atoms with Crippen LogP contribution in [0.2, 0.25) is 0 Å². The Hall–Kier alpha value is -3.11. The van der Waals surface area contributed by atoms with E-state index in [1.165, 1.54) is 16.9 Å². The zero-order chi connectivity index (χ0) is 23.0. The molecule has 0 bridgehead atoms. The van der Waals surface area contributed by atoms with E-state index >= 15 is 0 Å². The van der Waals surface area contributed by atoms with Crippen LogP contribution in [0.15, 0.2) is 24.3 Å². The van der Waals surface area contributed by atoms with Crippen LogP contribution < -0.4 is 11.5 Å². The molecule has 1 aliphatic rings. The van der Waals surface area contributed by atoms with E-state index in [0.29, 0.717) is 37.8 Å². The third-order valence-electron chi connectivity index (χ3n) is 6.44. The average Bonchev–Trinajstić information content (AvgIpc) is 3.13. The Labute approximate surface area is 192 Å². The molecule has 1 fully saturated rings. The average molecular weight is 448 g/mol. The lowest BCUT2D eigenvalue weighted by Crippen LogP contribution is -2.43. The van der Waals surface area contributed by atoms with Crippen molar-refractivity contribution in [1.29, 1.82) is 5.26 Å². The summed E-state index contributed by atoms with van der Waals surface area (Å²) in [6.45, 7) is 7.13. The van der Waals surface area contributed by atoms with Gasteiger partial charge in [0.15, 0.2) is 0 Å². The third kappa shape index (κ3) is 3.69. The van der Waals surface area contributed by atoms with E-state index in [2.05, 4.69) is 44.0 Å². The minimum atomic E-state index is -0.0461. The SMILES string of the molecule is CCC1CCCCN1C(=O)c1sc2nc(N)c(C#N)c(-c3ccc(C(C)C)cc3)c2c1N. The molecule has 1 unspecified atom stereocenters. The highest BCUT2D eigenvalue weighted by Gasteiger charge is 2.31. The van der Waals surface area contributed by atoms with Crippen LogP contribution in [0.5, 0.6) is 0 Å². The zero-order valence-corrected chi connectivity index (χ0v) is 19.6. The van der Waals surface area contributed by atoms with Crippen molar-refractivity contribution in [1.82, 2.24) is 9.88 Å². The number of rotatable bonds is 4. The number of benzene rings is 1. The summed E-state index contributed by atoms with van der Waals surface area (Å²) in [6.07, 6.45) is 4.09.